The fourth-order valence-corrected chi connectivity index (χ4v) is 4.55. The minimum absolute atomic E-state index is 0.141. The van der Waals surface area contributed by atoms with E-state index in [1.807, 2.05) is 30.3 Å². The summed E-state index contributed by atoms with van der Waals surface area (Å²) >= 11 is 1.69. The van der Waals surface area contributed by atoms with Crippen molar-refractivity contribution in [2.75, 3.05) is 0 Å². The second-order valence-electron chi connectivity index (χ2n) is 6.48. The lowest BCUT2D eigenvalue weighted by molar-refractivity contribution is -0.126. The molecule has 0 bridgehead atoms. The Morgan fingerprint density at radius 2 is 2.08 bits per heavy atom. The molecule has 1 fully saturated rings. The zero-order valence-corrected chi connectivity index (χ0v) is 14.7. The Bertz CT molecular complexity index is 817. The van der Waals surface area contributed by atoms with Crippen LogP contribution in [0.25, 0.3) is 11.5 Å². The van der Waals surface area contributed by atoms with Crippen LogP contribution in [-0.2, 0) is 16.8 Å². The molecule has 4 rings (SSSR count). The Labute approximate surface area is 150 Å². The Balaban J connectivity index is 1.44. The first kappa shape index (κ1) is 16.1. The summed E-state index contributed by atoms with van der Waals surface area (Å²) in [6.07, 6.45) is 7.54. The van der Waals surface area contributed by atoms with Crippen molar-refractivity contribution in [1.82, 2.24) is 10.3 Å². The van der Waals surface area contributed by atoms with E-state index in [2.05, 4.69) is 21.7 Å². The molecule has 128 valence electrons. The number of thiophene rings is 1. The molecular formula is C20H20N2O2S. The van der Waals surface area contributed by atoms with Gasteiger partial charge in [-0.2, -0.15) is 0 Å². The van der Waals surface area contributed by atoms with Crippen molar-refractivity contribution in [3.05, 3.63) is 64.7 Å². The standard InChI is InChI=1S/C20H20N2O2S/c23-19(20(9-1-2-10-20)18-6-4-12-25-18)22-14-15-7-8-16(21-13-15)17-5-3-11-24-17/h3-8,11-13H,1-2,9-10,14H2,(H,22,23). The number of carbonyl (C=O) groups is 1. The molecule has 1 N–H and O–H groups in total. The van der Waals surface area contributed by atoms with Gasteiger partial charge in [-0.1, -0.05) is 25.0 Å². The Kier molecular flexibility index (Phi) is 4.40. The molecule has 1 aliphatic carbocycles. The minimum atomic E-state index is -0.338. The van der Waals surface area contributed by atoms with E-state index >= 15 is 0 Å². The number of hydrogen-bond donors (Lipinski definition) is 1. The van der Waals surface area contributed by atoms with Gasteiger partial charge in [0.2, 0.25) is 5.91 Å². The van der Waals surface area contributed by atoms with Gasteiger partial charge in [-0.25, -0.2) is 0 Å². The van der Waals surface area contributed by atoms with Crippen LogP contribution in [0.1, 0.15) is 36.1 Å². The summed E-state index contributed by atoms with van der Waals surface area (Å²) in [5.41, 5.74) is 1.45. The summed E-state index contributed by atoms with van der Waals surface area (Å²) in [6.45, 7) is 0.497. The number of nitrogens with one attached hydrogen (secondary N) is 1. The van der Waals surface area contributed by atoms with Gasteiger partial charge in [0.05, 0.1) is 11.7 Å². The molecule has 0 aliphatic heterocycles. The van der Waals surface area contributed by atoms with Crippen LogP contribution in [0.15, 0.2) is 58.7 Å². The summed E-state index contributed by atoms with van der Waals surface area (Å²) in [5.74, 6) is 0.890. The van der Waals surface area contributed by atoms with E-state index in [9.17, 15) is 4.79 Å². The normalized spacial score (nSPS) is 16.0. The van der Waals surface area contributed by atoms with Gasteiger partial charge in [-0.05, 0) is 48.1 Å². The third kappa shape index (κ3) is 3.12. The molecule has 0 unspecified atom stereocenters. The lowest BCUT2D eigenvalue weighted by Crippen LogP contribution is -2.41. The lowest BCUT2D eigenvalue weighted by atomic mass is 9.83. The maximum Gasteiger partial charge on any atom is 0.231 e. The number of nitrogens with zero attached hydrogens (tertiary/aromatic N) is 1. The van der Waals surface area contributed by atoms with E-state index in [4.69, 9.17) is 4.42 Å². The molecule has 3 aromatic rings. The van der Waals surface area contributed by atoms with Crippen molar-refractivity contribution in [1.29, 1.82) is 0 Å². The molecule has 4 nitrogen and oxygen atoms in total. The second-order valence-corrected chi connectivity index (χ2v) is 7.43. The molecule has 0 atom stereocenters. The summed E-state index contributed by atoms with van der Waals surface area (Å²) < 4.78 is 5.35. The first-order chi connectivity index (χ1) is 12.3. The quantitative estimate of drug-likeness (QED) is 0.734. The fourth-order valence-electron chi connectivity index (χ4n) is 3.57. The van der Waals surface area contributed by atoms with E-state index in [1.54, 1.807) is 23.8 Å². The van der Waals surface area contributed by atoms with E-state index in [0.717, 1.165) is 42.7 Å². The van der Waals surface area contributed by atoms with E-state index in [-0.39, 0.29) is 11.3 Å². The number of carbonyl (C=O) groups excluding carboxylic acids is 1. The van der Waals surface area contributed by atoms with Crippen molar-refractivity contribution < 1.29 is 9.21 Å². The molecule has 1 amide bonds. The number of aromatic nitrogens is 1. The first-order valence-corrected chi connectivity index (χ1v) is 9.47. The smallest absolute Gasteiger partial charge is 0.231 e. The third-order valence-corrected chi connectivity index (χ3v) is 6.01. The molecular weight excluding hydrogens is 332 g/mol. The summed E-state index contributed by atoms with van der Waals surface area (Å²) in [5, 5.41) is 5.18. The maximum atomic E-state index is 13.0. The summed E-state index contributed by atoms with van der Waals surface area (Å²) in [4.78, 5) is 18.6. The summed E-state index contributed by atoms with van der Waals surface area (Å²) in [6, 6.07) is 11.8. The van der Waals surface area contributed by atoms with Crippen LogP contribution in [0.3, 0.4) is 0 Å². The van der Waals surface area contributed by atoms with Crippen LogP contribution < -0.4 is 5.32 Å². The number of pyridine rings is 1. The highest BCUT2D eigenvalue weighted by Crippen LogP contribution is 2.43. The number of amides is 1. The predicted molar refractivity (Wildman–Crippen MR) is 98.3 cm³/mol. The Hall–Kier alpha value is -2.40. The lowest BCUT2D eigenvalue weighted by Gasteiger charge is -2.26. The van der Waals surface area contributed by atoms with Gasteiger partial charge in [0.25, 0.3) is 0 Å². The molecule has 1 aliphatic rings. The minimum Gasteiger partial charge on any atom is -0.463 e. The molecule has 0 radical (unpaired) electrons. The van der Waals surface area contributed by atoms with Gasteiger partial charge >= 0.3 is 0 Å². The van der Waals surface area contributed by atoms with Gasteiger partial charge in [0, 0.05) is 17.6 Å². The van der Waals surface area contributed by atoms with Crippen LogP contribution in [-0.4, -0.2) is 10.9 Å². The second kappa shape index (κ2) is 6.84. The molecule has 5 heteroatoms. The average molecular weight is 352 g/mol. The molecule has 0 spiro atoms. The van der Waals surface area contributed by atoms with Crippen molar-refractivity contribution in [3.8, 4) is 11.5 Å². The zero-order chi connectivity index (χ0) is 17.1. The topological polar surface area (TPSA) is 55.1 Å². The molecule has 25 heavy (non-hydrogen) atoms. The SMILES string of the molecule is O=C(NCc1ccc(-c2ccco2)nc1)C1(c2cccs2)CCCC1. The molecule has 3 heterocycles. The van der Waals surface area contributed by atoms with Crippen LogP contribution in [0.5, 0.6) is 0 Å². The predicted octanol–water partition coefficient (Wildman–Crippen LogP) is 4.53. The van der Waals surface area contributed by atoms with E-state index in [0.29, 0.717) is 6.54 Å². The van der Waals surface area contributed by atoms with Gasteiger partial charge in [-0.15, -0.1) is 11.3 Å². The number of hydrogen-bond acceptors (Lipinski definition) is 4. The van der Waals surface area contributed by atoms with Crippen molar-refractivity contribution in [3.63, 3.8) is 0 Å². The third-order valence-electron chi connectivity index (χ3n) is 4.94. The van der Waals surface area contributed by atoms with Gasteiger partial charge in [0.1, 0.15) is 5.69 Å². The Morgan fingerprint density at radius 1 is 1.20 bits per heavy atom. The Morgan fingerprint density at radius 3 is 2.72 bits per heavy atom. The molecule has 0 saturated heterocycles. The molecule has 1 saturated carbocycles. The van der Waals surface area contributed by atoms with Crippen LogP contribution in [0.2, 0.25) is 0 Å². The van der Waals surface area contributed by atoms with Gasteiger partial charge < -0.3 is 9.73 Å². The number of rotatable bonds is 5. The van der Waals surface area contributed by atoms with Crippen LogP contribution >= 0.6 is 11.3 Å². The van der Waals surface area contributed by atoms with Crippen molar-refractivity contribution in [2.45, 2.75) is 37.6 Å². The monoisotopic (exact) mass is 352 g/mol. The zero-order valence-electron chi connectivity index (χ0n) is 13.9. The van der Waals surface area contributed by atoms with Crippen molar-refractivity contribution in [2.24, 2.45) is 0 Å². The highest BCUT2D eigenvalue weighted by atomic mass is 32.1. The van der Waals surface area contributed by atoms with Crippen LogP contribution in [0, 0.1) is 0 Å². The molecule has 3 aromatic heterocycles. The van der Waals surface area contributed by atoms with E-state index < -0.39 is 0 Å². The first-order valence-electron chi connectivity index (χ1n) is 8.59. The number of furan rings is 1. The van der Waals surface area contributed by atoms with E-state index in [1.165, 1.54) is 4.88 Å². The van der Waals surface area contributed by atoms with Gasteiger partial charge in [-0.3, -0.25) is 9.78 Å². The largest absolute Gasteiger partial charge is 0.463 e. The van der Waals surface area contributed by atoms with Gasteiger partial charge in [0.15, 0.2) is 5.76 Å². The highest BCUT2D eigenvalue weighted by molar-refractivity contribution is 7.10. The maximum absolute atomic E-state index is 13.0. The van der Waals surface area contributed by atoms with Crippen molar-refractivity contribution >= 4 is 17.2 Å². The fraction of sp³-hybridized carbons (Fsp3) is 0.300. The average Bonchev–Trinajstić information content (AvgIpc) is 3.42. The van der Waals surface area contributed by atoms with Crippen LogP contribution in [0.4, 0.5) is 0 Å². The highest BCUT2D eigenvalue weighted by Gasteiger charge is 2.43. The summed E-state index contributed by atoms with van der Waals surface area (Å²) in [7, 11) is 0. The molecule has 0 aromatic carbocycles.